The van der Waals surface area contributed by atoms with Crippen molar-refractivity contribution in [2.75, 3.05) is 6.61 Å². The van der Waals surface area contributed by atoms with Crippen LogP contribution in [0.3, 0.4) is 0 Å². The van der Waals surface area contributed by atoms with E-state index in [0.29, 0.717) is 17.0 Å². The standard InChI is InChI=1S/C16H21N3O3/c1-2-3-6-11(10-20)17-16(22)14-9-13(18-19-14)12-7-4-5-8-15(12)21/h4-5,7-9,11,20-21H,2-3,6,10H2,1H3,(H,17,22)(H,18,19)/t11-/m1/s1. The van der Waals surface area contributed by atoms with Gasteiger partial charge in [-0.25, -0.2) is 0 Å². The van der Waals surface area contributed by atoms with Crippen molar-refractivity contribution < 1.29 is 15.0 Å². The molecular weight excluding hydrogens is 282 g/mol. The average Bonchev–Trinajstić information content (AvgIpc) is 3.01. The van der Waals surface area contributed by atoms with Crippen LogP contribution < -0.4 is 5.32 Å². The minimum absolute atomic E-state index is 0.0911. The number of benzene rings is 1. The van der Waals surface area contributed by atoms with Crippen LogP contribution in [-0.2, 0) is 0 Å². The number of hydrogen-bond donors (Lipinski definition) is 4. The van der Waals surface area contributed by atoms with E-state index in [1.807, 2.05) is 0 Å². The van der Waals surface area contributed by atoms with Gasteiger partial charge in [-0.05, 0) is 24.6 Å². The van der Waals surface area contributed by atoms with Gasteiger partial charge in [0.25, 0.3) is 5.91 Å². The summed E-state index contributed by atoms with van der Waals surface area (Å²) in [6, 6.07) is 8.12. The maximum Gasteiger partial charge on any atom is 0.269 e. The van der Waals surface area contributed by atoms with Crippen molar-refractivity contribution in [3.63, 3.8) is 0 Å². The molecule has 0 unspecified atom stereocenters. The molecule has 1 heterocycles. The zero-order valence-corrected chi connectivity index (χ0v) is 12.5. The van der Waals surface area contributed by atoms with E-state index in [1.54, 1.807) is 30.3 Å². The molecule has 1 aromatic heterocycles. The maximum absolute atomic E-state index is 12.2. The smallest absolute Gasteiger partial charge is 0.269 e. The number of para-hydroxylation sites is 1. The number of amides is 1. The Morgan fingerprint density at radius 3 is 2.86 bits per heavy atom. The van der Waals surface area contributed by atoms with Gasteiger partial charge in [0.2, 0.25) is 0 Å². The molecule has 2 aromatic rings. The van der Waals surface area contributed by atoms with Gasteiger partial charge in [0.15, 0.2) is 0 Å². The Bertz CT molecular complexity index is 625. The maximum atomic E-state index is 12.2. The Morgan fingerprint density at radius 1 is 1.41 bits per heavy atom. The molecule has 0 spiro atoms. The molecule has 0 bridgehead atoms. The first-order valence-electron chi connectivity index (χ1n) is 7.41. The molecule has 0 saturated heterocycles. The highest BCUT2D eigenvalue weighted by atomic mass is 16.3. The van der Waals surface area contributed by atoms with Gasteiger partial charge < -0.3 is 15.5 Å². The van der Waals surface area contributed by atoms with Gasteiger partial charge in [-0.15, -0.1) is 0 Å². The van der Waals surface area contributed by atoms with Crippen LogP contribution in [0.5, 0.6) is 5.75 Å². The monoisotopic (exact) mass is 303 g/mol. The molecule has 6 heteroatoms. The fourth-order valence-electron chi connectivity index (χ4n) is 2.19. The van der Waals surface area contributed by atoms with Crippen LogP contribution in [0, 0.1) is 0 Å². The van der Waals surface area contributed by atoms with E-state index in [0.717, 1.165) is 19.3 Å². The lowest BCUT2D eigenvalue weighted by atomic mass is 10.1. The van der Waals surface area contributed by atoms with Crippen molar-refractivity contribution >= 4 is 5.91 Å². The van der Waals surface area contributed by atoms with Gasteiger partial charge in [0, 0.05) is 5.56 Å². The number of unbranched alkanes of at least 4 members (excludes halogenated alkanes) is 1. The van der Waals surface area contributed by atoms with Crippen LogP contribution >= 0.6 is 0 Å². The molecule has 1 atom stereocenters. The highest BCUT2D eigenvalue weighted by Gasteiger charge is 2.16. The fraction of sp³-hybridized carbons (Fsp3) is 0.375. The topological polar surface area (TPSA) is 98.2 Å². The van der Waals surface area contributed by atoms with Crippen molar-refractivity contribution in [1.29, 1.82) is 0 Å². The minimum atomic E-state index is -0.315. The first-order chi connectivity index (χ1) is 10.7. The molecule has 1 aromatic carbocycles. The van der Waals surface area contributed by atoms with E-state index in [9.17, 15) is 15.0 Å². The lowest BCUT2D eigenvalue weighted by Crippen LogP contribution is -2.37. The van der Waals surface area contributed by atoms with E-state index in [2.05, 4.69) is 22.4 Å². The summed E-state index contributed by atoms with van der Waals surface area (Å²) in [6.45, 7) is 1.97. The van der Waals surface area contributed by atoms with Crippen molar-refractivity contribution in [3.05, 3.63) is 36.0 Å². The molecule has 2 rings (SSSR count). The minimum Gasteiger partial charge on any atom is -0.507 e. The Hall–Kier alpha value is -2.34. The van der Waals surface area contributed by atoms with Crippen LogP contribution in [0.15, 0.2) is 30.3 Å². The van der Waals surface area contributed by atoms with Gasteiger partial charge in [0.1, 0.15) is 11.4 Å². The van der Waals surface area contributed by atoms with Gasteiger partial charge in [-0.2, -0.15) is 5.10 Å². The third-order valence-corrected chi connectivity index (χ3v) is 3.46. The highest BCUT2D eigenvalue weighted by molar-refractivity contribution is 5.93. The Balaban J connectivity index is 2.07. The molecule has 0 radical (unpaired) electrons. The molecule has 22 heavy (non-hydrogen) atoms. The van der Waals surface area contributed by atoms with Crippen LogP contribution in [0.2, 0.25) is 0 Å². The number of carbonyl (C=O) groups is 1. The Labute approximate surface area is 129 Å². The third kappa shape index (κ3) is 3.85. The summed E-state index contributed by atoms with van der Waals surface area (Å²) in [6.07, 6.45) is 2.69. The average molecular weight is 303 g/mol. The summed E-state index contributed by atoms with van der Waals surface area (Å²) < 4.78 is 0. The van der Waals surface area contributed by atoms with Crippen molar-refractivity contribution in [3.8, 4) is 17.0 Å². The summed E-state index contributed by atoms with van der Waals surface area (Å²) >= 11 is 0. The van der Waals surface area contributed by atoms with E-state index < -0.39 is 0 Å². The first-order valence-corrected chi connectivity index (χ1v) is 7.41. The number of phenols is 1. The summed E-state index contributed by atoms with van der Waals surface area (Å²) in [5.41, 5.74) is 1.35. The lowest BCUT2D eigenvalue weighted by molar-refractivity contribution is 0.0907. The molecule has 1 amide bonds. The third-order valence-electron chi connectivity index (χ3n) is 3.46. The molecule has 0 fully saturated rings. The molecule has 0 saturated carbocycles. The first kappa shape index (κ1) is 16.0. The second-order valence-electron chi connectivity index (χ2n) is 5.18. The predicted molar refractivity (Wildman–Crippen MR) is 83.6 cm³/mol. The SMILES string of the molecule is CCCC[C@H](CO)NC(=O)c1cc(-c2ccccc2O)n[nH]1. The summed E-state index contributed by atoms with van der Waals surface area (Å²) in [5.74, 6) is -0.207. The largest absolute Gasteiger partial charge is 0.507 e. The normalized spacial score (nSPS) is 12.1. The molecular formula is C16H21N3O3. The van der Waals surface area contributed by atoms with Crippen molar-refractivity contribution in [2.45, 2.75) is 32.2 Å². The van der Waals surface area contributed by atoms with E-state index in [-0.39, 0.29) is 24.3 Å². The zero-order chi connectivity index (χ0) is 15.9. The van der Waals surface area contributed by atoms with E-state index in [4.69, 9.17) is 0 Å². The lowest BCUT2D eigenvalue weighted by Gasteiger charge is -2.14. The Kier molecular flexibility index (Phi) is 5.55. The summed E-state index contributed by atoms with van der Waals surface area (Å²) in [4.78, 5) is 12.2. The molecule has 0 aliphatic heterocycles. The quantitative estimate of drug-likeness (QED) is 0.629. The number of rotatable bonds is 7. The number of aromatic nitrogens is 2. The van der Waals surface area contributed by atoms with Crippen LogP contribution in [0.4, 0.5) is 0 Å². The van der Waals surface area contributed by atoms with Crippen LogP contribution in [0.1, 0.15) is 36.7 Å². The molecule has 118 valence electrons. The number of aromatic amines is 1. The number of nitrogens with zero attached hydrogens (tertiary/aromatic N) is 1. The molecule has 0 aliphatic rings. The fourth-order valence-corrected chi connectivity index (χ4v) is 2.19. The number of phenolic OH excluding ortho intramolecular Hbond substituents is 1. The highest BCUT2D eigenvalue weighted by Crippen LogP contribution is 2.27. The van der Waals surface area contributed by atoms with Crippen molar-refractivity contribution in [1.82, 2.24) is 15.5 Å². The predicted octanol–water partition coefficient (Wildman–Crippen LogP) is 2.06. The second kappa shape index (κ2) is 7.61. The van der Waals surface area contributed by atoms with Gasteiger partial charge in [0.05, 0.1) is 18.3 Å². The van der Waals surface area contributed by atoms with Gasteiger partial charge >= 0.3 is 0 Å². The number of nitrogens with one attached hydrogen (secondary N) is 2. The van der Waals surface area contributed by atoms with Crippen molar-refractivity contribution in [2.24, 2.45) is 0 Å². The van der Waals surface area contributed by atoms with Gasteiger partial charge in [-0.1, -0.05) is 31.9 Å². The molecule has 0 aliphatic carbocycles. The number of H-pyrrole nitrogens is 1. The molecule has 4 N–H and O–H groups in total. The number of aromatic hydroxyl groups is 1. The Morgan fingerprint density at radius 2 is 2.18 bits per heavy atom. The summed E-state index contributed by atoms with van der Waals surface area (Å²) in [7, 11) is 0. The van der Waals surface area contributed by atoms with Crippen LogP contribution in [0.25, 0.3) is 11.3 Å². The second-order valence-corrected chi connectivity index (χ2v) is 5.18. The summed E-state index contributed by atoms with van der Waals surface area (Å²) in [5, 5.41) is 28.6. The zero-order valence-electron chi connectivity index (χ0n) is 12.5. The van der Waals surface area contributed by atoms with E-state index in [1.165, 1.54) is 0 Å². The number of aliphatic hydroxyl groups is 1. The van der Waals surface area contributed by atoms with Crippen LogP contribution in [-0.4, -0.2) is 39.0 Å². The number of carbonyl (C=O) groups excluding carboxylic acids is 1. The van der Waals surface area contributed by atoms with E-state index >= 15 is 0 Å². The molecule has 6 nitrogen and oxygen atoms in total. The number of hydrogen-bond acceptors (Lipinski definition) is 4. The number of aliphatic hydroxyl groups excluding tert-OH is 1. The van der Waals surface area contributed by atoms with Gasteiger partial charge in [-0.3, -0.25) is 9.89 Å².